The van der Waals surface area contributed by atoms with E-state index < -0.39 is 0 Å². The topological polar surface area (TPSA) is 36.4 Å². The lowest BCUT2D eigenvalue weighted by molar-refractivity contribution is 0.208. The summed E-state index contributed by atoms with van der Waals surface area (Å²) in [5.74, 6) is 1.46. The molecule has 3 nitrogen and oxygen atoms in total. The largest absolute Gasteiger partial charge is 0.396 e. The molecule has 15 heavy (non-hydrogen) atoms. The number of aliphatic hydroxyl groups is 1. The van der Waals surface area contributed by atoms with Gasteiger partial charge in [0, 0.05) is 25.9 Å². The lowest BCUT2D eigenvalue weighted by Gasteiger charge is -2.32. The van der Waals surface area contributed by atoms with Gasteiger partial charge in [0.2, 0.25) is 0 Å². The van der Waals surface area contributed by atoms with E-state index in [2.05, 4.69) is 22.0 Å². The first-order chi connectivity index (χ1) is 7.29. The minimum absolute atomic E-state index is 0.294. The molecule has 0 saturated carbocycles. The van der Waals surface area contributed by atoms with Gasteiger partial charge in [-0.15, -0.1) is 0 Å². The monoisotopic (exact) mass is 206 g/mol. The molecule has 1 aliphatic heterocycles. The molecule has 2 rings (SSSR count). The third-order valence-electron chi connectivity index (χ3n) is 3.00. The molecule has 0 aromatic carbocycles. The number of piperidine rings is 1. The molecular formula is C12H18N2O. The molecule has 82 valence electrons. The number of nitrogens with zero attached hydrogens (tertiary/aromatic N) is 2. The van der Waals surface area contributed by atoms with Gasteiger partial charge in [0.1, 0.15) is 5.82 Å². The van der Waals surface area contributed by atoms with Crippen molar-refractivity contribution in [2.24, 2.45) is 5.92 Å². The van der Waals surface area contributed by atoms with Crippen LogP contribution in [0.3, 0.4) is 0 Å². The Kier molecular flexibility index (Phi) is 3.21. The lowest BCUT2D eigenvalue weighted by Crippen LogP contribution is -2.37. The van der Waals surface area contributed by atoms with E-state index in [1.54, 1.807) is 0 Å². The third kappa shape index (κ3) is 2.48. The van der Waals surface area contributed by atoms with Crippen LogP contribution in [0.5, 0.6) is 0 Å². The molecule has 1 fully saturated rings. The van der Waals surface area contributed by atoms with Crippen molar-refractivity contribution < 1.29 is 5.11 Å². The molecule has 0 aliphatic carbocycles. The molecule has 1 saturated heterocycles. The zero-order valence-corrected chi connectivity index (χ0v) is 9.19. The molecule has 0 spiro atoms. The molecule has 3 heteroatoms. The quantitative estimate of drug-likeness (QED) is 0.798. The van der Waals surface area contributed by atoms with Crippen LogP contribution < -0.4 is 4.90 Å². The standard InChI is InChI=1S/C12H18N2O/c1-10-4-5-12(13-7-10)14-6-2-3-11(8-14)9-15/h4-5,7,11,15H,2-3,6,8-9H2,1H3. The Morgan fingerprint density at radius 3 is 3.07 bits per heavy atom. The second kappa shape index (κ2) is 4.62. The van der Waals surface area contributed by atoms with Crippen LogP contribution in [0, 0.1) is 12.8 Å². The first-order valence-corrected chi connectivity index (χ1v) is 5.58. The van der Waals surface area contributed by atoms with Gasteiger partial charge in [0.05, 0.1) is 0 Å². The normalized spacial score (nSPS) is 21.7. The van der Waals surface area contributed by atoms with Crippen molar-refractivity contribution in [3.05, 3.63) is 23.9 Å². The van der Waals surface area contributed by atoms with Crippen LogP contribution in [0.2, 0.25) is 0 Å². The zero-order valence-electron chi connectivity index (χ0n) is 9.19. The van der Waals surface area contributed by atoms with Crippen LogP contribution in [0.1, 0.15) is 18.4 Å². The van der Waals surface area contributed by atoms with Crippen LogP contribution in [0.25, 0.3) is 0 Å². The van der Waals surface area contributed by atoms with Crippen molar-refractivity contribution in [1.82, 2.24) is 4.98 Å². The van der Waals surface area contributed by atoms with Crippen molar-refractivity contribution in [1.29, 1.82) is 0 Å². The van der Waals surface area contributed by atoms with Gasteiger partial charge in [0.15, 0.2) is 0 Å². The highest BCUT2D eigenvalue weighted by molar-refractivity contribution is 5.39. The van der Waals surface area contributed by atoms with Crippen LogP contribution >= 0.6 is 0 Å². The van der Waals surface area contributed by atoms with Crippen molar-refractivity contribution in [3.63, 3.8) is 0 Å². The number of aryl methyl sites for hydroxylation is 1. The maximum atomic E-state index is 9.15. The van der Waals surface area contributed by atoms with Crippen LogP contribution in [-0.4, -0.2) is 29.8 Å². The van der Waals surface area contributed by atoms with Gasteiger partial charge in [-0.05, 0) is 37.3 Å². The first kappa shape index (κ1) is 10.4. The van der Waals surface area contributed by atoms with E-state index in [0.29, 0.717) is 12.5 Å². The zero-order chi connectivity index (χ0) is 10.7. The van der Waals surface area contributed by atoms with E-state index in [9.17, 15) is 0 Å². The predicted octanol–water partition coefficient (Wildman–Crippen LogP) is 1.60. The Morgan fingerprint density at radius 2 is 2.40 bits per heavy atom. The summed E-state index contributed by atoms with van der Waals surface area (Å²) < 4.78 is 0. The van der Waals surface area contributed by atoms with Crippen molar-refractivity contribution in [2.45, 2.75) is 19.8 Å². The summed E-state index contributed by atoms with van der Waals surface area (Å²) in [6.07, 6.45) is 4.19. The minimum atomic E-state index is 0.294. The Bertz CT molecular complexity index is 310. The first-order valence-electron chi connectivity index (χ1n) is 5.58. The molecule has 1 N–H and O–H groups in total. The number of aromatic nitrogens is 1. The molecule has 1 aromatic rings. The second-order valence-electron chi connectivity index (χ2n) is 4.33. The molecule has 1 aliphatic rings. The highest BCUT2D eigenvalue weighted by atomic mass is 16.3. The molecular weight excluding hydrogens is 188 g/mol. The van der Waals surface area contributed by atoms with E-state index in [0.717, 1.165) is 31.7 Å². The van der Waals surface area contributed by atoms with Crippen molar-refractivity contribution >= 4 is 5.82 Å². The van der Waals surface area contributed by atoms with Crippen LogP contribution in [-0.2, 0) is 0 Å². The summed E-state index contributed by atoms with van der Waals surface area (Å²) in [7, 11) is 0. The highest BCUT2D eigenvalue weighted by Crippen LogP contribution is 2.21. The highest BCUT2D eigenvalue weighted by Gasteiger charge is 2.19. The molecule has 1 aromatic heterocycles. The average molecular weight is 206 g/mol. The van der Waals surface area contributed by atoms with Gasteiger partial charge in [-0.3, -0.25) is 0 Å². The maximum absolute atomic E-state index is 9.15. The van der Waals surface area contributed by atoms with E-state index in [-0.39, 0.29) is 0 Å². The average Bonchev–Trinajstić information content (AvgIpc) is 2.30. The van der Waals surface area contributed by atoms with Gasteiger partial charge in [0.25, 0.3) is 0 Å². The maximum Gasteiger partial charge on any atom is 0.128 e. The Hall–Kier alpha value is -1.09. The van der Waals surface area contributed by atoms with Gasteiger partial charge < -0.3 is 10.0 Å². The molecule has 1 unspecified atom stereocenters. The van der Waals surface area contributed by atoms with Gasteiger partial charge >= 0.3 is 0 Å². The Balaban J connectivity index is 2.06. The Labute approximate surface area is 90.8 Å². The number of anilines is 1. The number of pyridine rings is 1. The SMILES string of the molecule is Cc1ccc(N2CCCC(CO)C2)nc1. The number of hydrogen-bond acceptors (Lipinski definition) is 3. The summed E-state index contributed by atoms with van der Waals surface area (Å²) in [4.78, 5) is 6.68. The van der Waals surface area contributed by atoms with E-state index in [4.69, 9.17) is 5.11 Å². The van der Waals surface area contributed by atoms with E-state index in [1.165, 1.54) is 5.56 Å². The molecule has 0 amide bonds. The van der Waals surface area contributed by atoms with Crippen LogP contribution in [0.15, 0.2) is 18.3 Å². The summed E-state index contributed by atoms with van der Waals surface area (Å²) in [6.45, 7) is 4.34. The third-order valence-corrected chi connectivity index (χ3v) is 3.00. The second-order valence-corrected chi connectivity index (χ2v) is 4.33. The predicted molar refractivity (Wildman–Crippen MR) is 61.0 cm³/mol. The fourth-order valence-electron chi connectivity index (χ4n) is 2.07. The minimum Gasteiger partial charge on any atom is -0.396 e. The molecule has 1 atom stereocenters. The summed E-state index contributed by atoms with van der Waals surface area (Å²) in [5, 5.41) is 9.15. The smallest absolute Gasteiger partial charge is 0.128 e. The van der Waals surface area contributed by atoms with Gasteiger partial charge in [-0.25, -0.2) is 4.98 Å². The van der Waals surface area contributed by atoms with E-state index in [1.807, 2.05) is 13.1 Å². The van der Waals surface area contributed by atoms with Crippen molar-refractivity contribution in [3.8, 4) is 0 Å². The fourth-order valence-corrected chi connectivity index (χ4v) is 2.07. The van der Waals surface area contributed by atoms with Crippen LogP contribution in [0.4, 0.5) is 5.82 Å². The molecule has 0 radical (unpaired) electrons. The van der Waals surface area contributed by atoms with Crippen molar-refractivity contribution in [2.75, 3.05) is 24.6 Å². The number of aliphatic hydroxyl groups excluding tert-OH is 1. The number of hydrogen-bond donors (Lipinski definition) is 1. The Morgan fingerprint density at radius 1 is 1.53 bits per heavy atom. The summed E-state index contributed by atoms with van der Waals surface area (Å²) >= 11 is 0. The lowest BCUT2D eigenvalue weighted by atomic mass is 9.99. The number of rotatable bonds is 2. The molecule has 2 heterocycles. The van der Waals surface area contributed by atoms with Gasteiger partial charge in [-0.1, -0.05) is 6.07 Å². The van der Waals surface area contributed by atoms with E-state index >= 15 is 0 Å². The molecule has 0 bridgehead atoms. The summed E-state index contributed by atoms with van der Waals surface area (Å²) in [6, 6.07) is 4.15. The fraction of sp³-hybridized carbons (Fsp3) is 0.583. The summed E-state index contributed by atoms with van der Waals surface area (Å²) in [5.41, 5.74) is 1.19. The van der Waals surface area contributed by atoms with Gasteiger partial charge in [-0.2, -0.15) is 0 Å².